The van der Waals surface area contributed by atoms with Crippen LogP contribution in [-0.4, -0.2) is 29.2 Å². The van der Waals surface area contributed by atoms with E-state index in [1.807, 2.05) is 36.4 Å². The van der Waals surface area contributed by atoms with Crippen molar-refractivity contribution in [1.29, 1.82) is 0 Å². The molecule has 6 heteroatoms. The monoisotopic (exact) mass is 319 g/mol. The smallest absolute Gasteiger partial charge is 0.243 e. The normalized spacial score (nSPS) is 16.0. The number of ketones is 1. The Morgan fingerprint density at radius 3 is 2.62 bits per heavy atom. The van der Waals surface area contributed by atoms with Crippen molar-refractivity contribution in [3.63, 3.8) is 0 Å². The molecule has 6 nitrogen and oxygen atoms in total. The zero-order chi connectivity index (χ0) is 16.5. The predicted octanol–water partition coefficient (Wildman–Crippen LogP) is 3.43. The number of hydrogen-bond acceptors (Lipinski definition) is 6. The molecule has 0 N–H and O–H groups in total. The van der Waals surface area contributed by atoms with Gasteiger partial charge >= 0.3 is 0 Å². The predicted molar refractivity (Wildman–Crippen MR) is 88.0 cm³/mol. The Morgan fingerprint density at radius 1 is 1.04 bits per heavy atom. The van der Waals surface area contributed by atoms with Crippen LogP contribution in [0.15, 0.2) is 58.0 Å². The fourth-order valence-electron chi connectivity index (χ4n) is 2.66. The lowest BCUT2D eigenvalue weighted by Gasteiger charge is -2.13. The van der Waals surface area contributed by atoms with Crippen LogP contribution in [0.2, 0.25) is 0 Å². The molecule has 1 aliphatic rings. The summed E-state index contributed by atoms with van der Waals surface area (Å²) in [7, 11) is 1.58. The first-order valence-electron chi connectivity index (χ1n) is 7.42. The molecule has 3 aromatic rings. The number of rotatable bonds is 3. The van der Waals surface area contributed by atoms with Crippen molar-refractivity contribution in [2.75, 3.05) is 7.11 Å². The Balaban J connectivity index is 1.71. The number of nitrogens with zero attached hydrogens (tertiary/aromatic N) is 3. The lowest BCUT2D eigenvalue weighted by Crippen LogP contribution is -2.18. The summed E-state index contributed by atoms with van der Waals surface area (Å²) in [5.41, 5.74) is 1.92. The maximum absolute atomic E-state index is 12.6. The van der Waals surface area contributed by atoms with E-state index in [1.165, 1.54) is 0 Å². The zero-order valence-electron chi connectivity index (χ0n) is 12.8. The van der Waals surface area contributed by atoms with E-state index in [4.69, 9.17) is 9.26 Å². The second kappa shape index (κ2) is 5.73. The highest BCUT2D eigenvalue weighted by Gasteiger charge is 2.31. The largest absolute Gasteiger partial charge is 0.496 e. The van der Waals surface area contributed by atoms with Gasteiger partial charge in [-0.25, -0.2) is 0 Å². The topological polar surface area (TPSA) is 77.6 Å². The van der Waals surface area contributed by atoms with Crippen molar-refractivity contribution < 1.29 is 14.1 Å². The lowest BCUT2D eigenvalue weighted by atomic mass is 9.94. The van der Waals surface area contributed by atoms with E-state index in [9.17, 15) is 4.79 Å². The van der Waals surface area contributed by atoms with Gasteiger partial charge in [0.05, 0.1) is 18.4 Å². The van der Waals surface area contributed by atoms with E-state index < -0.39 is 5.92 Å². The SMILES string of the molecule is COc1ccccc1-c1noc(C2C=Nc3ccccc3C2=O)n1. The van der Waals surface area contributed by atoms with Gasteiger partial charge in [-0.1, -0.05) is 29.4 Å². The number of carbonyl (C=O) groups excluding carboxylic acids is 1. The summed E-state index contributed by atoms with van der Waals surface area (Å²) in [4.78, 5) is 21.3. The van der Waals surface area contributed by atoms with Crippen molar-refractivity contribution in [2.45, 2.75) is 5.92 Å². The summed E-state index contributed by atoms with van der Waals surface area (Å²) in [6, 6.07) is 14.6. The highest BCUT2D eigenvalue weighted by molar-refractivity contribution is 6.15. The molecule has 0 amide bonds. The Labute approximate surface area is 137 Å². The number of Topliss-reactive ketones (excluding diaryl/α,β-unsaturated/α-hetero) is 1. The zero-order valence-corrected chi connectivity index (χ0v) is 12.8. The second-order valence-electron chi connectivity index (χ2n) is 5.29. The van der Waals surface area contributed by atoms with Gasteiger partial charge in [0.15, 0.2) is 5.78 Å². The van der Waals surface area contributed by atoms with E-state index >= 15 is 0 Å². The number of methoxy groups -OCH3 is 1. The molecular weight excluding hydrogens is 306 g/mol. The Hall–Kier alpha value is -3.28. The molecular formula is C18H13N3O3. The van der Waals surface area contributed by atoms with E-state index in [2.05, 4.69) is 15.1 Å². The summed E-state index contributed by atoms with van der Waals surface area (Å²) >= 11 is 0. The van der Waals surface area contributed by atoms with Gasteiger partial charge in [-0.2, -0.15) is 4.98 Å². The molecule has 0 saturated heterocycles. The molecule has 2 heterocycles. The van der Waals surface area contributed by atoms with Crippen LogP contribution in [0.4, 0.5) is 5.69 Å². The summed E-state index contributed by atoms with van der Waals surface area (Å²) < 4.78 is 10.6. The maximum Gasteiger partial charge on any atom is 0.243 e. The molecule has 0 fully saturated rings. The molecule has 4 rings (SSSR count). The third kappa shape index (κ3) is 2.28. The van der Waals surface area contributed by atoms with Crippen molar-refractivity contribution >= 4 is 17.7 Å². The molecule has 1 aliphatic heterocycles. The third-order valence-corrected chi connectivity index (χ3v) is 3.87. The van der Waals surface area contributed by atoms with Crippen LogP contribution in [-0.2, 0) is 0 Å². The van der Waals surface area contributed by atoms with Gasteiger partial charge in [0.2, 0.25) is 11.7 Å². The van der Waals surface area contributed by atoms with E-state index in [0.29, 0.717) is 28.4 Å². The van der Waals surface area contributed by atoms with Crippen molar-refractivity contribution in [2.24, 2.45) is 4.99 Å². The van der Waals surface area contributed by atoms with E-state index in [0.717, 1.165) is 0 Å². The Bertz CT molecular complexity index is 946. The number of carbonyl (C=O) groups is 1. The first-order chi connectivity index (χ1) is 11.8. The maximum atomic E-state index is 12.6. The number of fused-ring (bicyclic) bond motifs is 1. The lowest BCUT2D eigenvalue weighted by molar-refractivity contribution is 0.0971. The number of hydrogen-bond donors (Lipinski definition) is 0. The van der Waals surface area contributed by atoms with Gasteiger partial charge in [-0.15, -0.1) is 0 Å². The number of para-hydroxylation sites is 2. The fraction of sp³-hybridized carbons (Fsp3) is 0.111. The average molecular weight is 319 g/mol. The van der Waals surface area contributed by atoms with Crippen LogP contribution in [0.5, 0.6) is 5.75 Å². The quantitative estimate of drug-likeness (QED) is 0.739. The average Bonchev–Trinajstić information content (AvgIpc) is 3.12. The van der Waals surface area contributed by atoms with Gasteiger partial charge in [-0.3, -0.25) is 9.79 Å². The van der Waals surface area contributed by atoms with Gasteiger partial charge < -0.3 is 9.26 Å². The number of aromatic nitrogens is 2. The Morgan fingerprint density at radius 2 is 1.79 bits per heavy atom. The van der Waals surface area contributed by atoms with Crippen LogP contribution in [0.3, 0.4) is 0 Å². The van der Waals surface area contributed by atoms with Gasteiger partial charge in [0, 0.05) is 11.8 Å². The second-order valence-corrected chi connectivity index (χ2v) is 5.29. The van der Waals surface area contributed by atoms with E-state index in [-0.39, 0.29) is 11.7 Å². The highest BCUT2D eigenvalue weighted by Crippen LogP contribution is 2.32. The molecule has 1 atom stereocenters. The van der Waals surface area contributed by atoms with Crippen LogP contribution >= 0.6 is 0 Å². The summed E-state index contributed by atoms with van der Waals surface area (Å²) in [5, 5.41) is 3.98. The first kappa shape index (κ1) is 14.3. The fourth-order valence-corrected chi connectivity index (χ4v) is 2.66. The van der Waals surface area contributed by atoms with Crippen molar-refractivity contribution in [1.82, 2.24) is 10.1 Å². The molecule has 2 aromatic carbocycles. The number of aliphatic imine (C=N–C) groups is 1. The number of benzene rings is 2. The molecule has 0 saturated carbocycles. The van der Waals surface area contributed by atoms with Crippen LogP contribution in [0.25, 0.3) is 11.4 Å². The standard InChI is InChI=1S/C18H13N3O3/c1-23-15-9-5-3-7-12(15)17-20-18(24-21-17)13-10-19-14-8-4-2-6-11(14)16(13)22/h2-10,13H,1H3. The first-order valence-corrected chi connectivity index (χ1v) is 7.42. The minimum atomic E-state index is -0.671. The third-order valence-electron chi connectivity index (χ3n) is 3.87. The van der Waals surface area contributed by atoms with Crippen LogP contribution in [0, 0.1) is 0 Å². The minimum Gasteiger partial charge on any atom is -0.496 e. The Kier molecular flexibility index (Phi) is 3.42. The molecule has 1 aromatic heterocycles. The number of ether oxygens (including phenoxy) is 1. The van der Waals surface area contributed by atoms with Crippen molar-refractivity contribution in [3.8, 4) is 17.1 Å². The highest BCUT2D eigenvalue weighted by atomic mass is 16.5. The van der Waals surface area contributed by atoms with Gasteiger partial charge in [0.25, 0.3) is 0 Å². The molecule has 1 unspecified atom stereocenters. The molecule has 0 bridgehead atoms. The summed E-state index contributed by atoms with van der Waals surface area (Å²) in [6.07, 6.45) is 1.55. The molecule has 0 radical (unpaired) electrons. The molecule has 0 aliphatic carbocycles. The summed E-state index contributed by atoms with van der Waals surface area (Å²) in [5.74, 6) is 0.465. The van der Waals surface area contributed by atoms with Crippen molar-refractivity contribution in [3.05, 3.63) is 60.0 Å². The summed E-state index contributed by atoms with van der Waals surface area (Å²) in [6.45, 7) is 0. The minimum absolute atomic E-state index is 0.101. The van der Waals surface area contributed by atoms with Gasteiger partial charge in [-0.05, 0) is 24.3 Å². The molecule has 118 valence electrons. The molecule has 0 spiro atoms. The van der Waals surface area contributed by atoms with E-state index in [1.54, 1.807) is 25.5 Å². The molecule has 24 heavy (non-hydrogen) atoms. The van der Waals surface area contributed by atoms with Crippen LogP contribution in [0.1, 0.15) is 22.2 Å². The van der Waals surface area contributed by atoms with Crippen LogP contribution < -0.4 is 4.74 Å². The van der Waals surface area contributed by atoms with Gasteiger partial charge in [0.1, 0.15) is 11.7 Å².